The summed E-state index contributed by atoms with van der Waals surface area (Å²) in [6.45, 7) is 3.57. The number of nitrogens with one attached hydrogen (secondary N) is 1. The molecule has 0 bridgehead atoms. The quantitative estimate of drug-likeness (QED) is 0.271. The van der Waals surface area contributed by atoms with Crippen molar-refractivity contribution in [1.29, 1.82) is 0 Å². The number of hydrogen-bond donors (Lipinski definition) is 2. The minimum absolute atomic E-state index is 0.137. The van der Waals surface area contributed by atoms with E-state index >= 15 is 0 Å². The van der Waals surface area contributed by atoms with E-state index < -0.39 is 5.97 Å². The second kappa shape index (κ2) is 16.1. The van der Waals surface area contributed by atoms with E-state index in [0.29, 0.717) is 31.9 Å². The average Bonchev–Trinajstić information content (AvgIpc) is 3.15. The Kier molecular flexibility index (Phi) is 12.2. The van der Waals surface area contributed by atoms with E-state index in [1.807, 2.05) is 7.05 Å². The molecule has 2 N–H and O–H groups in total. The molecule has 8 nitrogen and oxygen atoms in total. The molecule has 206 valence electrons. The maximum Gasteiger partial charge on any atom is 0.337 e. The smallest absolute Gasteiger partial charge is 0.337 e. The molecule has 8 heteroatoms. The number of carbonyl (C=O) groups is 1. The van der Waals surface area contributed by atoms with Crippen molar-refractivity contribution in [2.45, 2.75) is 19.3 Å². The van der Waals surface area contributed by atoms with Crippen molar-refractivity contribution >= 4 is 11.5 Å². The molecule has 5 rings (SSSR count). The predicted octanol–water partition coefficient (Wildman–Crippen LogP) is 5.01. The number of phenolic OH excluding ortho intramolecular Hbond substituents is 1. The number of aryl methyl sites for hydroxylation is 2. The van der Waals surface area contributed by atoms with Gasteiger partial charge < -0.3 is 19.9 Å². The third kappa shape index (κ3) is 9.05. The van der Waals surface area contributed by atoms with Gasteiger partial charge in [0, 0.05) is 0 Å². The summed E-state index contributed by atoms with van der Waals surface area (Å²) in [4.78, 5) is 20.6. The summed E-state index contributed by atoms with van der Waals surface area (Å²) in [5, 5.41) is 16.3. The highest BCUT2D eigenvalue weighted by molar-refractivity contribution is 5.89. The summed E-state index contributed by atoms with van der Waals surface area (Å²) in [6, 6.07) is 23.6. The first kappa shape index (κ1) is 29.5. The van der Waals surface area contributed by atoms with Crippen LogP contribution in [0.5, 0.6) is 5.75 Å². The van der Waals surface area contributed by atoms with Crippen LogP contribution in [0, 0.1) is 4.91 Å². The number of benzene rings is 3. The van der Waals surface area contributed by atoms with Crippen molar-refractivity contribution in [2.75, 3.05) is 47.0 Å². The van der Waals surface area contributed by atoms with Crippen LogP contribution in [0.15, 0.2) is 84.2 Å². The van der Waals surface area contributed by atoms with Gasteiger partial charge in [0.15, 0.2) is 0 Å². The van der Waals surface area contributed by atoms with Crippen LogP contribution in [0.25, 0.3) is 5.57 Å². The number of esters is 1. The van der Waals surface area contributed by atoms with Crippen molar-refractivity contribution in [1.82, 2.24) is 10.3 Å². The molecule has 1 aliphatic carbocycles. The predicted molar refractivity (Wildman–Crippen MR) is 154 cm³/mol. The number of aromatic hydroxyl groups is 1. The summed E-state index contributed by atoms with van der Waals surface area (Å²) < 4.78 is 9.42. The summed E-state index contributed by atoms with van der Waals surface area (Å²) in [5.41, 5.74) is 7.61. The van der Waals surface area contributed by atoms with Gasteiger partial charge in [0.25, 0.3) is 0 Å². The molecule has 0 spiro atoms. The Morgan fingerprint density at radius 2 is 1.54 bits per heavy atom. The number of morpholine rings is 1. The molecule has 1 saturated heterocycles. The van der Waals surface area contributed by atoms with Gasteiger partial charge >= 0.3 is 5.97 Å². The first-order valence-corrected chi connectivity index (χ1v) is 13.1. The van der Waals surface area contributed by atoms with Crippen LogP contribution in [-0.2, 0) is 22.3 Å². The van der Waals surface area contributed by atoms with Gasteiger partial charge in [-0.25, -0.2) is 4.79 Å². The fraction of sp³-hybridized carbons (Fsp3) is 0.323. The molecule has 0 aromatic heterocycles. The van der Waals surface area contributed by atoms with Gasteiger partial charge in [0.1, 0.15) is 5.75 Å². The largest absolute Gasteiger partial charge is 0.508 e. The van der Waals surface area contributed by atoms with Gasteiger partial charge in [-0.1, -0.05) is 54.6 Å². The number of fused-ring (bicyclic) bond motifs is 2. The average molecular weight is 532 g/mol. The molecular weight excluding hydrogens is 494 g/mol. The number of methoxy groups -OCH3 is 1. The van der Waals surface area contributed by atoms with E-state index in [-0.39, 0.29) is 5.75 Å². The Morgan fingerprint density at radius 3 is 2.03 bits per heavy atom. The third-order valence-electron chi connectivity index (χ3n) is 6.41. The number of carbonyl (C=O) groups excluding carboxylic acids is 1. The summed E-state index contributed by atoms with van der Waals surface area (Å²) in [6.07, 6.45) is 5.72. The van der Waals surface area contributed by atoms with E-state index in [2.05, 4.69) is 69.9 Å². The molecule has 0 atom stereocenters. The van der Waals surface area contributed by atoms with Crippen LogP contribution in [0.3, 0.4) is 0 Å². The van der Waals surface area contributed by atoms with Crippen molar-refractivity contribution < 1.29 is 19.4 Å². The Morgan fingerprint density at radius 1 is 0.974 bits per heavy atom. The molecule has 1 aliphatic heterocycles. The van der Waals surface area contributed by atoms with Crippen molar-refractivity contribution in [3.05, 3.63) is 112 Å². The second-order valence-corrected chi connectivity index (χ2v) is 9.01. The van der Waals surface area contributed by atoms with Gasteiger partial charge in [0.05, 0.1) is 44.3 Å². The molecule has 0 amide bonds. The van der Waals surface area contributed by atoms with E-state index in [9.17, 15) is 9.70 Å². The zero-order chi connectivity index (χ0) is 27.9. The normalized spacial score (nSPS) is 13.7. The number of phenols is 1. The maximum absolute atomic E-state index is 10.8. The highest BCUT2D eigenvalue weighted by Gasteiger charge is 2.16. The van der Waals surface area contributed by atoms with E-state index in [1.54, 1.807) is 0 Å². The third-order valence-corrected chi connectivity index (χ3v) is 6.41. The lowest BCUT2D eigenvalue weighted by atomic mass is 9.93. The van der Waals surface area contributed by atoms with Crippen LogP contribution in [-0.4, -0.2) is 63.1 Å². The fourth-order valence-electron chi connectivity index (χ4n) is 4.35. The van der Waals surface area contributed by atoms with E-state index in [1.165, 1.54) is 64.2 Å². The first-order chi connectivity index (χ1) is 19.1. The van der Waals surface area contributed by atoms with Crippen LogP contribution in [0.2, 0.25) is 0 Å². The second-order valence-electron chi connectivity index (χ2n) is 9.01. The molecule has 0 unspecified atom stereocenters. The zero-order valence-electron chi connectivity index (χ0n) is 22.6. The number of rotatable bonds is 5. The van der Waals surface area contributed by atoms with Crippen molar-refractivity contribution in [3.63, 3.8) is 0 Å². The van der Waals surface area contributed by atoms with Gasteiger partial charge in [-0.05, 0) is 84.9 Å². The van der Waals surface area contributed by atoms with Crippen LogP contribution in [0.1, 0.15) is 39.0 Å². The Hall–Kier alpha value is -4.01. The Bertz CT molecular complexity index is 1170. The number of nitrogens with zero attached hydrogens (tertiary/aromatic N) is 2. The van der Waals surface area contributed by atoms with Crippen LogP contribution >= 0.6 is 0 Å². The highest BCUT2D eigenvalue weighted by atomic mass is 16.5. The van der Waals surface area contributed by atoms with Gasteiger partial charge in [-0.2, -0.15) is 0 Å². The molecular formula is C31H37N3O5. The van der Waals surface area contributed by atoms with E-state index in [0.717, 1.165) is 25.8 Å². The maximum atomic E-state index is 10.8. The molecule has 0 saturated carbocycles. The van der Waals surface area contributed by atoms with Crippen LogP contribution in [0.4, 0.5) is 0 Å². The van der Waals surface area contributed by atoms with Gasteiger partial charge in [-0.15, -0.1) is 4.91 Å². The monoisotopic (exact) mass is 531 g/mol. The summed E-state index contributed by atoms with van der Waals surface area (Å²) in [5.74, 6) is -0.261. The number of nitroso groups, excluding NO2 is 1. The minimum Gasteiger partial charge on any atom is -0.508 e. The standard InChI is InChI=1S/C19H21N.C8H8O3.C4H8N2O2/c1-20-14-6-11-19-17-9-4-2-7-15(17)12-13-16-8-3-5-10-18(16)19;1-11-8(10)6-2-4-7(9)5-3-6;7-5-6-1-3-8-4-2-6/h2-5,7-11,20H,6,12-14H2,1H3;2-5,9H,1H3;1-4H2. The lowest BCUT2D eigenvalue weighted by Crippen LogP contribution is -2.31. The number of hydrogen-bond acceptors (Lipinski definition) is 7. The van der Waals surface area contributed by atoms with Gasteiger partial charge in [0.2, 0.25) is 0 Å². The minimum atomic E-state index is -0.398. The fourth-order valence-corrected chi connectivity index (χ4v) is 4.35. The molecule has 39 heavy (non-hydrogen) atoms. The molecule has 2 aliphatic rings. The molecule has 1 fully saturated rings. The Labute approximate surface area is 230 Å². The zero-order valence-corrected chi connectivity index (χ0v) is 22.6. The van der Waals surface area contributed by atoms with Gasteiger partial charge in [-0.3, -0.25) is 5.01 Å². The van der Waals surface area contributed by atoms with Crippen molar-refractivity contribution in [2.24, 2.45) is 5.29 Å². The Balaban J connectivity index is 0.000000185. The van der Waals surface area contributed by atoms with Crippen LogP contribution < -0.4 is 5.32 Å². The molecule has 0 radical (unpaired) electrons. The lowest BCUT2D eigenvalue weighted by molar-refractivity contribution is 0.0383. The molecule has 3 aromatic rings. The first-order valence-electron chi connectivity index (χ1n) is 13.1. The van der Waals surface area contributed by atoms with Crippen molar-refractivity contribution in [3.8, 4) is 5.75 Å². The highest BCUT2D eigenvalue weighted by Crippen LogP contribution is 2.33. The SMILES string of the molecule is CNCCC=C1c2ccccc2CCc2ccccc21.COC(=O)c1ccc(O)cc1.O=NN1CCOCC1. The molecule has 1 heterocycles. The summed E-state index contributed by atoms with van der Waals surface area (Å²) in [7, 11) is 3.32. The molecule has 3 aromatic carbocycles. The lowest BCUT2D eigenvalue weighted by Gasteiger charge is -2.19. The van der Waals surface area contributed by atoms with E-state index in [4.69, 9.17) is 9.84 Å². The summed E-state index contributed by atoms with van der Waals surface area (Å²) >= 11 is 0. The number of ether oxygens (including phenoxy) is 2. The topological polar surface area (TPSA) is 100 Å².